The lowest BCUT2D eigenvalue weighted by Crippen LogP contribution is -2.17. The number of hydrogen-bond donors (Lipinski definition) is 1. The summed E-state index contributed by atoms with van der Waals surface area (Å²) in [7, 11) is 3.73. The number of nitrogens with one attached hydrogen (secondary N) is 1. The third-order valence-electron chi connectivity index (χ3n) is 3.08. The molecule has 0 aliphatic carbocycles. The van der Waals surface area contributed by atoms with Crippen molar-refractivity contribution in [2.24, 2.45) is 0 Å². The minimum atomic E-state index is 0.769. The molecule has 0 radical (unpaired) electrons. The van der Waals surface area contributed by atoms with Crippen molar-refractivity contribution in [3.63, 3.8) is 0 Å². The largest absolute Gasteiger partial charge is 0.497 e. The number of hydrogen-bond acceptors (Lipinski definition) is 4. The highest BCUT2D eigenvalue weighted by Crippen LogP contribution is 2.19. The fraction of sp³-hybridized carbons (Fsp3) is 0.312. The molecule has 1 aromatic carbocycles. The minimum absolute atomic E-state index is 0.769. The van der Waals surface area contributed by atoms with Gasteiger partial charge in [0.1, 0.15) is 11.6 Å². The average molecular weight is 271 g/mol. The van der Waals surface area contributed by atoms with E-state index < -0.39 is 0 Å². The minimum Gasteiger partial charge on any atom is -0.497 e. The molecule has 0 spiro atoms. The summed E-state index contributed by atoms with van der Waals surface area (Å²) in [5.41, 5.74) is 2.18. The Kier molecular flexibility index (Phi) is 4.82. The predicted molar refractivity (Wildman–Crippen MR) is 83.5 cm³/mol. The Morgan fingerprint density at radius 1 is 1.15 bits per heavy atom. The number of ether oxygens (including phenoxy) is 1. The van der Waals surface area contributed by atoms with Crippen molar-refractivity contribution in [3.05, 3.63) is 48.2 Å². The highest BCUT2D eigenvalue weighted by atomic mass is 16.5. The first-order valence-corrected chi connectivity index (χ1v) is 6.78. The molecule has 1 heterocycles. The summed E-state index contributed by atoms with van der Waals surface area (Å²) in [6.45, 7) is 3.72. The van der Waals surface area contributed by atoms with Crippen molar-refractivity contribution in [2.75, 3.05) is 30.9 Å². The van der Waals surface area contributed by atoms with Crippen molar-refractivity contribution in [1.82, 2.24) is 4.98 Å². The van der Waals surface area contributed by atoms with Crippen molar-refractivity contribution >= 4 is 11.5 Å². The quantitative estimate of drug-likeness (QED) is 0.875. The number of aromatic nitrogens is 1. The molecule has 1 aromatic heterocycles. The Morgan fingerprint density at radius 3 is 2.55 bits per heavy atom. The number of pyridine rings is 1. The van der Waals surface area contributed by atoms with Crippen molar-refractivity contribution in [2.45, 2.75) is 13.5 Å². The molecular weight excluding hydrogens is 250 g/mol. The van der Waals surface area contributed by atoms with Gasteiger partial charge in [0.2, 0.25) is 0 Å². The van der Waals surface area contributed by atoms with Gasteiger partial charge in [0, 0.05) is 19.3 Å². The van der Waals surface area contributed by atoms with Crippen LogP contribution >= 0.6 is 0 Å². The van der Waals surface area contributed by atoms with E-state index in [9.17, 15) is 0 Å². The highest BCUT2D eigenvalue weighted by Gasteiger charge is 2.04. The third-order valence-corrected chi connectivity index (χ3v) is 3.08. The zero-order valence-corrected chi connectivity index (χ0v) is 12.3. The number of benzene rings is 1. The second-order valence-corrected chi connectivity index (χ2v) is 4.60. The molecule has 4 nitrogen and oxygen atoms in total. The van der Waals surface area contributed by atoms with Gasteiger partial charge in [-0.15, -0.1) is 0 Å². The summed E-state index contributed by atoms with van der Waals surface area (Å²) < 4.78 is 5.17. The molecule has 2 rings (SSSR count). The second-order valence-electron chi connectivity index (χ2n) is 4.60. The summed E-state index contributed by atoms with van der Waals surface area (Å²) in [6, 6.07) is 14.1. The smallest absolute Gasteiger partial charge is 0.126 e. The summed E-state index contributed by atoms with van der Waals surface area (Å²) in [4.78, 5) is 6.75. The molecule has 20 heavy (non-hydrogen) atoms. The van der Waals surface area contributed by atoms with E-state index >= 15 is 0 Å². The molecule has 0 saturated heterocycles. The van der Waals surface area contributed by atoms with Crippen LogP contribution in [0.15, 0.2) is 42.5 Å². The van der Waals surface area contributed by atoms with E-state index in [1.807, 2.05) is 42.5 Å². The van der Waals surface area contributed by atoms with Gasteiger partial charge in [0.25, 0.3) is 0 Å². The van der Waals surface area contributed by atoms with Gasteiger partial charge in [-0.3, -0.25) is 0 Å². The lowest BCUT2D eigenvalue weighted by atomic mass is 10.2. The molecule has 0 aliphatic rings. The Morgan fingerprint density at radius 2 is 1.90 bits per heavy atom. The maximum Gasteiger partial charge on any atom is 0.126 e. The molecule has 1 N–H and O–H groups in total. The van der Waals surface area contributed by atoms with Crippen LogP contribution in [0.3, 0.4) is 0 Å². The van der Waals surface area contributed by atoms with Crippen LogP contribution in [0.4, 0.5) is 11.5 Å². The monoisotopic (exact) mass is 271 g/mol. The van der Waals surface area contributed by atoms with E-state index in [0.29, 0.717) is 0 Å². The van der Waals surface area contributed by atoms with Gasteiger partial charge in [-0.1, -0.05) is 6.07 Å². The first-order valence-electron chi connectivity index (χ1n) is 6.78. The van der Waals surface area contributed by atoms with Gasteiger partial charge in [0.05, 0.1) is 19.3 Å². The van der Waals surface area contributed by atoms with E-state index in [0.717, 1.165) is 36.0 Å². The number of nitrogens with zero attached hydrogens (tertiary/aromatic N) is 2. The number of anilines is 2. The number of methoxy groups -OCH3 is 1. The molecular formula is C16H21N3O. The van der Waals surface area contributed by atoms with Crippen LogP contribution in [-0.2, 0) is 6.54 Å². The van der Waals surface area contributed by atoms with Gasteiger partial charge in [-0.25, -0.2) is 4.98 Å². The van der Waals surface area contributed by atoms with Crippen LogP contribution in [0.2, 0.25) is 0 Å². The average Bonchev–Trinajstić information content (AvgIpc) is 2.48. The highest BCUT2D eigenvalue weighted by molar-refractivity contribution is 5.48. The first-order chi connectivity index (χ1) is 9.72. The van der Waals surface area contributed by atoms with Crippen molar-refractivity contribution < 1.29 is 4.74 Å². The van der Waals surface area contributed by atoms with Crippen LogP contribution < -0.4 is 15.0 Å². The third kappa shape index (κ3) is 3.63. The molecule has 0 atom stereocenters. The molecule has 0 bridgehead atoms. The van der Waals surface area contributed by atoms with Gasteiger partial charge in [-0.2, -0.15) is 0 Å². The zero-order valence-electron chi connectivity index (χ0n) is 12.3. The standard InChI is InChI=1S/C16H21N3O/c1-4-17-16-7-5-6-13(18-16)12-19(2)14-8-10-15(20-3)11-9-14/h5-11H,4,12H2,1-3H3,(H,17,18). The maximum atomic E-state index is 5.17. The van der Waals surface area contributed by atoms with Gasteiger partial charge >= 0.3 is 0 Å². The van der Waals surface area contributed by atoms with Crippen LogP contribution in [0.25, 0.3) is 0 Å². The topological polar surface area (TPSA) is 37.4 Å². The fourth-order valence-corrected chi connectivity index (χ4v) is 2.02. The second kappa shape index (κ2) is 6.80. The van der Waals surface area contributed by atoms with E-state index in [2.05, 4.69) is 29.2 Å². The van der Waals surface area contributed by atoms with Crippen molar-refractivity contribution in [1.29, 1.82) is 0 Å². The van der Waals surface area contributed by atoms with Gasteiger partial charge in [-0.05, 0) is 43.3 Å². The van der Waals surface area contributed by atoms with Crippen LogP contribution in [0, 0.1) is 0 Å². The molecule has 0 saturated carbocycles. The Bertz CT molecular complexity index is 540. The van der Waals surface area contributed by atoms with E-state index in [1.54, 1.807) is 7.11 Å². The van der Waals surface area contributed by atoms with Crippen molar-refractivity contribution in [3.8, 4) is 5.75 Å². The predicted octanol–water partition coefficient (Wildman–Crippen LogP) is 3.16. The summed E-state index contributed by atoms with van der Waals surface area (Å²) in [5.74, 6) is 1.79. The summed E-state index contributed by atoms with van der Waals surface area (Å²) in [5, 5.41) is 3.23. The fourth-order valence-electron chi connectivity index (χ4n) is 2.02. The summed E-state index contributed by atoms with van der Waals surface area (Å²) >= 11 is 0. The SMILES string of the molecule is CCNc1cccc(CN(C)c2ccc(OC)cc2)n1. The molecule has 0 unspecified atom stereocenters. The van der Waals surface area contributed by atoms with E-state index in [1.165, 1.54) is 0 Å². The Balaban J connectivity index is 2.06. The van der Waals surface area contributed by atoms with Crippen LogP contribution in [0.5, 0.6) is 5.75 Å². The van der Waals surface area contributed by atoms with Crippen LogP contribution in [0.1, 0.15) is 12.6 Å². The van der Waals surface area contributed by atoms with Crippen LogP contribution in [-0.4, -0.2) is 25.7 Å². The Hall–Kier alpha value is -2.23. The lowest BCUT2D eigenvalue weighted by Gasteiger charge is -2.19. The molecule has 0 amide bonds. The van der Waals surface area contributed by atoms with Gasteiger partial charge < -0.3 is 15.0 Å². The van der Waals surface area contributed by atoms with E-state index in [-0.39, 0.29) is 0 Å². The van der Waals surface area contributed by atoms with Gasteiger partial charge in [0.15, 0.2) is 0 Å². The maximum absolute atomic E-state index is 5.17. The molecule has 4 heteroatoms. The summed E-state index contributed by atoms with van der Waals surface area (Å²) in [6.07, 6.45) is 0. The molecule has 0 fully saturated rings. The molecule has 2 aromatic rings. The Labute approximate surface area is 120 Å². The number of rotatable bonds is 6. The van der Waals surface area contributed by atoms with E-state index in [4.69, 9.17) is 4.74 Å². The first kappa shape index (κ1) is 14.2. The normalized spacial score (nSPS) is 10.2. The lowest BCUT2D eigenvalue weighted by molar-refractivity contribution is 0.415. The molecule has 106 valence electrons. The molecule has 0 aliphatic heterocycles. The zero-order chi connectivity index (χ0) is 14.4.